The second kappa shape index (κ2) is 15.1. The maximum Gasteiger partial charge on any atom is 0.0464 e. The molecular weight excluding hydrogens is 665 g/mol. The number of rotatable bonds is 11. The van der Waals surface area contributed by atoms with Gasteiger partial charge in [0.2, 0.25) is 0 Å². The van der Waals surface area contributed by atoms with Gasteiger partial charge in [-0.2, -0.15) is 0 Å². The number of fused-ring (bicyclic) bond motifs is 1. The normalized spacial score (nSPS) is 13.1. The van der Waals surface area contributed by atoms with Crippen LogP contribution in [-0.4, -0.2) is 0 Å². The number of nitrogens with zero attached hydrogens (tertiary/aromatic N) is 2. The molecule has 0 radical (unpaired) electrons. The standard InChI is InChI=1S/C53H52N2/c1-37(2)36-53(6,45-20-7-38(3)8-21-45)46-22-15-41(16-23-46)42-17-28-49(29-18-42)54(47-24-9-39(4)10-25-47)50-31-33-51(34-32-50)55(48-26-11-40(5)12-27-48)52-30-19-43-13-14-44(43)35-52/h7-12,15-35,37H,13-14,36H2,1-6H3. The van der Waals surface area contributed by atoms with Crippen molar-refractivity contribution in [3.8, 4) is 11.1 Å². The first kappa shape index (κ1) is 36.1. The van der Waals surface area contributed by atoms with E-state index in [-0.39, 0.29) is 5.41 Å². The summed E-state index contributed by atoms with van der Waals surface area (Å²) in [5, 5.41) is 0. The van der Waals surface area contributed by atoms with E-state index in [1.54, 1.807) is 0 Å². The Bertz CT molecular complexity index is 2370. The van der Waals surface area contributed by atoms with E-state index in [2.05, 4.69) is 215 Å². The van der Waals surface area contributed by atoms with E-state index in [9.17, 15) is 0 Å². The molecule has 0 heterocycles. The lowest BCUT2D eigenvalue weighted by molar-refractivity contribution is 0.427. The molecular formula is C53H52N2. The summed E-state index contributed by atoms with van der Waals surface area (Å²) in [5.74, 6) is 0.582. The van der Waals surface area contributed by atoms with E-state index < -0.39 is 0 Å². The van der Waals surface area contributed by atoms with Gasteiger partial charge in [-0.25, -0.2) is 0 Å². The molecule has 8 rings (SSSR count). The Hall–Kier alpha value is -5.86. The van der Waals surface area contributed by atoms with E-state index >= 15 is 0 Å². The van der Waals surface area contributed by atoms with Crippen LogP contribution in [0.4, 0.5) is 34.1 Å². The number of benzene rings is 7. The van der Waals surface area contributed by atoms with Gasteiger partial charge in [-0.15, -0.1) is 0 Å². The molecule has 0 saturated carbocycles. The van der Waals surface area contributed by atoms with Crippen LogP contribution in [0.3, 0.4) is 0 Å². The van der Waals surface area contributed by atoms with Crippen LogP contribution >= 0.6 is 0 Å². The van der Waals surface area contributed by atoms with Crippen LogP contribution in [0.5, 0.6) is 0 Å². The highest BCUT2D eigenvalue weighted by atomic mass is 15.2. The van der Waals surface area contributed by atoms with Crippen molar-refractivity contribution in [3.63, 3.8) is 0 Å². The average molecular weight is 717 g/mol. The molecule has 0 aliphatic heterocycles. The Morgan fingerprint density at radius 3 is 1.15 bits per heavy atom. The highest BCUT2D eigenvalue weighted by Crippen LogP contribution is 2.42. The van der Waals surface area contributed by atoms with Gasteiger partial charge < -0.3 is 9.80 Å². The van der Waals surface area contributed by atoms with Gasteiger partial charge in [0.1, 0.15) is 0 Å². The fourth-order valence-corrected chi connectivity index (χ4v) is 8.33. The maximum absolute atomic E-state index is 2.40. The summed E-state index contributed by atoms with van der Waals surface area (Å²) in [7, 11) is 0. The Kier molecular flexibility index (Phi) is 9.93. The van der Waals surface area contributed by atoms with Crippen molar-refractivity contribution >= 4 is 34.1 Å². The predicted molar refractivity (Wildman–Crippen MR) is 235 cm³/mol. The number of hydrogen-bond acceptors (Lipinski definition) is 2. The molecule has 0 amide bonds. The van der Waals surface area contributed by atoms with Gasteiger partial charge in [-0.3, -0.25) is 0 Å². The molecule has 0 N–H and O–H groups in total. The zero-order valence-electron chi connectivity index (χ0n) is 33.2. The minimum absolute atomic E-state index is 0.0484. The lowest BCUT2D eigenvalue weighted by Crippen LogP contribution is -2.25. The SMILES string of the molecule is Cc1ccc(N(c2ccc(-c3ccc(C(C)(CC(C)C)c4ccc(C)cc4)cc3)cc2)c2ccc(N(c3ccc(C)cc3)c3ccc4c(c3)CC4)cc2)cc1. The van der Waals surface area contributed by atoms with Crippen molar-refractivity contribution in [2.75, 3.05) is 9.80 Å². The minimum atomic E-state index is -0.0484. The van der Waals surface area contributed by atoms with Crippen LogP contribution in [0.15, 0.2) is 164 Å². The zero-order chi connectivity index (χ0) is 38.1. The number of hydrogen-bond donors (Lipinski definition) is 0. The summed E-state index contributed by atoms with van der Waals surface area (Å²) >= 11 is 0. The Balaban J connectivity index is 1.11. The molecule has 1 atom stereocenters. The second-order valence-electron chi connectivity index (χ2n) is 16.2. The minimum Gasteiger partial charge on any atom is -0.311 e. The first-order chi connectivity index (χ1) is 26.6. The molecule has 7 aromatic rings. The molecule has 0 fully saturated rings. The highest BCUT2D eigenvalue weighted by Gasteiger charge is 2.30. The summed E-state index contributed by atoms with van der Waals surface area (Å²) in [4.78, 5) is 4.74. The summed E-state index contributed by atoms with van der Waals surface area (Å²) in [6.45, 7) is 13.5. The number of anilines is 6. The van der Waals surface area contributed by atoms with Crippen molar-refractivity contribution in [1.82, 2.24) is 0 Å². The molecule has 0 bridgehead atoms. The third kappa shape index (κ3) is 7.47. The summed E-state index contributed by atoms with van der Waals surface area (Å²) in [6, 6.07) is 61.1. The lowest BCUT2D eigenvalue weighted by atomic mass is 9.71. The Morgan fingerprint density at radius 2 is 0.745 bits per heavy atom. The first-order valence-electron chi connectivity index (χ1n) is 19.9. The van der Waals surface area contributed by atoms with E-state index in [1.807, 2.05) is 0 Å². The Morgan fingerprint density at radius 1 is 0.418 bits per heavy atom. The molecule has 1 aliphatic rings. The van der Waals surface area contributed by atoms with Gasteiger partial charge in [-0.1, -0.05) is 128 Å². The van der Waals surface area contributed by atoms with Crippen molar-refractivity contribution < 1.29 is 0 Å². The predicted octanol–water partition coefficient (Wildman–Crippen LogP) is 14.7. The smallest absolute Gasteiger partial charge is 0.0464 e. The van der Waals surface area contributed by atoms with Crippen LogP contribution in [0, 0.1) is 26.7 Å². The quantitative estimate of drug-likeness (QED) is 0.131. The van der Waals surface area contributed by atoms with Gasteiger partial charge in [0, 0.05) is 39.5 Å². The van der Waals surface area contributed by atoms with Gasteiger partial charge in [0.25, 0.3) is 0 Å². The molecule has 2 nitrogen and oxygen atoms in total. The van der Waals surface area contributed by atoms with Gasteiger partial charge in [0.05, 0.1) is 0 Å². The fraction of sp³-hybridized carbons (Fsp3) is 0.208. The molecule has 2 heteroatoms. The number of aryl methyl sites for hydroxylation is 5. The van der Waals surface area contributed by atoms with Gasteiger partial charge >= 0.3 is 0 Å². The van der Waals surface area contributed by atoms with Gasteiger partial charge in [-0.05, 0) is 152 Å². The van der Waals surface area contributed by atoms with E-state index in [1.165, 1.54) is 62.2 Å². The molecule has 0 spiro atoms. The Labute approximate surface area is 328 Å². The zero-order valence-corrected chi connectivity index (χ0v) is 33.2. The highest BCUT2D eigenvalue weighted by molar-refractivity contribution is 5.82. The molecule has 0 aromatic heterocycles. The molecule has 55 heavy (non-hydrogen) atoms. The van der Waals surface area contributed by atoms with E-state index in [4.69, 9.17) is 0 Å². The molecule has 7 aromatic carbocycles. The summed E-state index contributed by atoms with van der Waals surface area (Å²) in [6.07, 6.45) is 3.44. The third-order valence-corrected chi connectivity index (χ3v) is 11.5. The van der Waals surface area contributed by atoms with Crippen molar-refractivity contribution in [2.24, 2.45) is 5.92 Å². The van der Waals surface area contributed by atoms with Crippen molar-refractivity contribution in [2.45, 2.75) is 66.2 Å². The fourth-order valence-electron chi connectivity index (χ4n) is 8.33. The van der Waals surface area contributed by atoms with Crippen LogP contribution < -0.4 is 9.80 Å². The second-order valence-corrected chi connectivity index (χ2v) is 16.2. The van der Waals surface area contributed by atoms with E-state index in [0.717, 1.165) is 41.3 Å². The van der Waals surface area contributed by atoms with Crippen LogP contribution in [0.2, 0.25) is 0 Å². The van der Waals surface area contributed by atoms with Crippen LogP contribution in [0.1, 0.15) is 66.1 Å². The van der Waals surface area contributed by atoms with Crippen molar-refractivity contribution in [1.29, 1.82) is 0 Å². The van der Waals surface area contributed by atoms with Gasteiger partial charge in [0.15, 0.2) is 0 Å². The average Bonchev–Trinajstić information content (AvgIpc) is 3.18. The van der Waals surface area contributed by atoms with Crippen LogP contribution in [-0.2, 0) is 18.3 Å². The molecule has 0 saturated heterocycles. The summed E-state index contributed by atoms with van der Waals surface area (Å²) < 4.78 is 0. The van der Waals surface area contributed by atoms with E-state index in [0.29, 0.717) is 5.92 Å². The molecule has 274 valence electrons. The topological polar surface area (TPSA) is 6.48 Å². The largest absolute Gasteiger partial charge is 0.311 e. The lowest BCUT2D eigenvalue weighted by Gasteiger charge is -2.33. The third-order valence-electron chi connectivity index (χ3n) is 11.5. The summed E-state index contributed by atoms with van der Waals surface area (Å²) in [5.41, 5.74) is 18.8. The maximum atomic E-state index is 2.40. The first-order valence-corrected chi connectivity index (χ1v) is 19.9. The molecule has 1 unspecified atom stereocenters. The molecule has 1 aliphatic carbocycles. The van der Waals surface area contributed by atoms with Crippen LogP contribution in [0.25, 0.3) is 11.1 Å². The van der Waals surface area contributed by atoms with Crippen molar-refractivity contribution in [3.05, 3.63) is 203 Å². The monoisotopic (exact) mass is 716 g/mol.